The first kappa shape index (κ1) is 13.2. The Bertz CT molecular complexity index is 212. The number of carbonyl (C=O) groups is 1. The molecule has 0 unspecified atom stereocenters. The Morgan fingerprint density at radius 1 is 1.08 bits per heavy atom. The second-order valence-corrected chi connectivity index (χ2v) is 35.8. The van der Waals surface area contributed by atoms with Gasteiger partial charge in [-0.1, -0.05) is 30.3 Å². The van der Waals surface area contributed by atoms with Crippen molar-refractivity contribution in [2.75, 3.05) is 0 Å². The Morgan fingerprint density at radius 2 is 1.50 bits per heavy atom. The standard InChI is InChI=1S/C7H6O.3BrH.Zr/c8-6-7-4-2-1-3-5-7;;;;/h1-6H;3*1H;/q;;;;+3/p-3. The molecular formula is C7H6Br3OZr. The number of hydrogen-bond acceptors (Lipinski definition) is 1. The quantitative estimate of drug-likeness (QED) is 0.607. The van der Waals surface area contributed by atoms with Gasteiger partial charge in [0.05, 0.1) is 0 Å². The van der Waals surface area contributed by atoms with Gasteiger partial charge in [-0.05, 0) is 0 Å². The summed E-state index contributed by atoms with van der Waals surface area (Å²) in [6.45, 7) is 0. The summed E-state index contributed by atoms with van der Waals surface area (Å²) in [6.07, 6.45) is 0.833. The molecule has 0 aliphatic heterocycles. The summed E-state index contributed by atoms with van der Waals surface area (Å²) in [6, 6.07) is 9.10. The molecule has 12 heavy (non-hydrogen) atoms. The zero-order chi connectivity index (χ0) is 9.40. The van der Waals surface area contributed by atoms with Gasteiger partial charge >= 0.3 is 51.4 Å². The van der Waals surface area contributed by atoms with Gasteiger partial charge in [-0.2, -0.15) is 0 Å². The second-order valence-electron chi connectivity index (χ2n) is 1.74. The van der Waals surface area contributed by atoms with Crippen LogP contribution in [0.15, 0.2) is 30.3 Å². The van der Waals surface area contributed by atoms with Crippen molar-refractivity contribution in [1.29, 1.82) is 0 Å². The van der Waals surface area contributed by atoms with Crippen molar-refractivity contribution in [1.82, 2.24) is 0 Å². The van der Waals surface area contributed by atoms with Crippen LogP contribution in [-0.2, 0) is 14.7 Å². The van der Waals surface area contributed by atoms with Crippen molar-refractivity contribution in [3.8, 4) is 0 Å². The van der Waals surface area contributed by atoms with Gasteiger partial charge in [0.15, 0.2) is 0 Å². The normalized spacial score (nSPS) is 7.92. The molecular weight excluding hydrogens is 431 g/mol. The minimum absolute atomic E-state index is 0.729. The van der Waals surface area contributed by atoms with E-state index in [0.29, 0.717) is 0 Å². The molecule has 5 heteroatoms. The Labute approximate surface area is 97.0 Å². The van der Waals surface area contributed by atoms with Crippen LogP contribution in [0.4, 0.5) is 0 Å². The average Bonchev–Trinajstić information content (AvgIpc) is 2.05. The van der Waals surface area contributed by atoms with Crippen molar-refractivity contribution >= 4 is 42.9 Å². The summed E-state index contributed by atoms with van der Waals surface area (Å²) in [5, 5.41) is 0. The molecule has 65 valence electrons. The average molecular weight is 437 g/mol. The first-order valence-electron chi connectivity index (χ1n) is 3.00. The Morgan fingerprint density at radius 3 is 1.75 bits per heavy atom. The molecule has 1 aromatic rings. The van der Waals surface area contributed by atoms with Gasteiger partial charge in [-0.25, -0.2) is 0 Å². The van der Waals surface area contributed by atoms with Gasteiger partial charge < -0.3 is 0 Å². The fraction of sp³-hybridized carbons (Fsp3) is 0. The Kier molecular flexibility index (Phi) is 9.68. The van der Waals surface area contributed by atoms with E-state index in [2.05, 4.69) is 36.7 Å². The summed E-state index contributed by atoms with van der Waals surface area (Å²) in [4.78, 5) is 10.0. The summed E-state index contributed by atoms with van der Waals surface area (Å²) < 4.78 is 0. The number of benzene rings is 1. The fourth-order valence-electron chi connectivity index (χ4n) is 0.532. The summed E-state index contributed by atoms with van der Waals surface area (Å²) >= 11 is 8.80. The zero-order valence-corrected chi connectivity index (χ0v) is 13.2. The van der Waals surface area contributed by atoms with Crippen molar-refractivity contribution in [2.45, 2.75) is 0 Å². The van der Waals surface area contributed by atoms with E-state index in [4.69, 9.17) is 0 Å². The minimum atomic E-state index is -1.11. The van der Waals surface area contributed by atoms with E-state index >= 15 is 0 Å². The maximum absolute atomic E-state index is 10.0. The molecule has 1 nitrogen and oxygen atoms in total. The summed E-state index contributed by atoms with van der Waals surface area (Å²) in [5.41, 5.74) is 0.729. The number of rotatable bonds is 1. The molecule has 0 bridgehead atoms. The van der Waals surface area contributed by atoms with E-state index in [-0.39, 0.29) is 0 Å². The predicted octanol–water partition coefficient (Wildman–Crippen LogP) is 4.03. The topological polar surface area (TPSA) is 17.1 Å². The van der Waals surface area contributed by atoms with Crippen LogP contribution >= 0.6 is 36.7 Å². The van der Waals surface area contributed by atoms with Gasteiger partial charge in [-0.15, -0.1) is 0 Å². The molecule has 0 radical (unpaired) electrons. The SMILES string of the molecule is O=Cc1ccccc1.[Br][Zr]([Br])[Br]. The van der Waals surface area contributed by atoms with Crippen LogP contribution in [0.5, 0.6) is 0 Å². The zero-order valence-electron chi connectivity index (χ0n) is 6.01. The van der Waals surface area contributed by atoms with Crippen LogP contribution in [0.25, 0.3) is 0 Å². The molecule has 0 heterocycles. The van der Waals surface area contributed by atoms with Crippen molar-refractivity contribution in [3.63, 3.8) is 0 Å². The molecule has 0 spiro atoms. The van der Waals surface area contributed by atoms with Crippen LogP contribution in [-0.4, -0.2) is 6.29 Å². The molecule has 0 fully saturated rings. The van der Waals surface area contributed by atoms with E-state index in [1.165, 1.54) is 0 Å². The second kappa shape index (κ2) is 8.80. The number of halogens is 3. The molecule has 0 saturated heterocycles. The van der Waals surface area contributed by atoms with Crippen molar-refractivity contribution in [3.05, 3.63) is 35.9 Å². The molecule has 0 aromatic heterocycles. The molecule has 1 rings (SSSR count). The van der Waals surface area contributed by atoms with Gasteiger partial charge in [0.25, 0.3) is 0 Å². The maximum atomic E-state index is 10.0. The molecule has 0 aliphatic rings. The van der Waals surface area contributed by atoms with E-state index in [0.717, 1.165) is 11.8 Å². The van der Waals surface area contributed by atoms with Crippen LogP contribution in [0, 0.1) is 0 Å². The predicted molar refractivity (Wildman–Crippen MR) is 58.6 cm³/mol. The third-order valence-corrected chi connectivity index (χ3v) is 0.936. The molecule has 0 atom stereocenters. The Balaban J connectivity index is 0.000000261. The number of aldehydes is 1. The van der Waals surface area contributed by atoms with Crippen LogP contribution in [0.2, 0.25) is 0 Å². The molecule has 1 aromatic carbocycles. The van der Waals surface area contributed by atoms with Crippen molar-refractivity contribution in [2.24, 2.45) is 0 Å². The van der Waals surface area contributed by atoms with Crippen LogP contribution in [0.3, 0.4) is 0 Å². The van der Waals surface area contributed by atoms with Gasteiger partial charge in [0.2, 0.25) is 0 Å². The van der Waals surface area contributed by atoms with Gasteiger partial charge in [0, 0.05) is 5.56 Å². The molecule has 0 N–H and O–H groups in total. The monoisotopic (exact) mass is 433 g/mol. The third kappa shape index (κ3) is 9.30. The van der Waals surface area contributed by atoms with E-state index in [1.54, 1.807) is 12.1 Å². The van der Waals surface area contributed by atoms with Crippen LogP contribution in [0.1, 0.15) is 10.4 Å². The number of hydrogen-bond donors (Lipinski definition) is 0. The van der Waals surface area contributed by atoms with E-state index < -0.39 is 14.7 Å². The molecule has 0 amide bonds. The van der Waals surface area contributed by atoms with E-state index in [9.17, 15) is 4.79 Å². The first-order chi connectivity index (χ1) is 5.66. The molecule has 0 aliphatic carbocycles. The summed E-state index contributed by atoms with van der Waals surface area (Å²) in [7, 11) is 0. The number of carbonyl (C=O) groups excluding carboxylic acids is 1. The Hall–Kier alpha value is 1.21. The van der Waals surface area contributed by atoms with Crippen LogP contribution < -0.4 is 0 Å². The van der Waals surface area contributed by atoms with E-state index in [1.807, 2.05) is 18.2 Å². The van der Waals surface area contributed by atoms with Crippen molar-refractivity contribution < 1.29 is 19.5 Å². The summed E-state index contributed by atoms with van der Waals surface area (Å²) in [5.74, 6) is 0. The fourth-order valence-corrected chi connectivity index (χ4v) is 0.532. The first-order valence-corrected chi connectivity index (χ1v) is 19.9. The van der Waals surface area contributed by atoms with Gasteiger partial charge in [0.1, 0.15) is 6.29 Å². The molecule has 0 saturated carbocycles. The third-order valence-electron chi connectivity index (χ3n) is 0.936. The van der Waals surface area contributed by atoms with Gasteiger partial charge in [-0.3, -0.25) is 4.79 Å².